The topological polar surface area (TPSA) is 42.4 Å². The molecule has 0 amide bonds. The van der Waals surface area contributed by atoms with Crippen molar-refractivity contribution < 1.29 is 9.84 Å². The van der Waals surface area contributed by atoms with Crippen molar-refractivity contribution in [3.8, 4) is 5.75 Å². The van der Waals surface area contributed by atoms with Crippen LogP contribution in [0.15, 0.2) is 24.3 Å². The maximum Gasteiger partial charge on any atom is 0.122 e. The lowest BCUT2D eigenvalue weighted by atomic mass is 10.1. The Hall–Kier alpha value is -1.39. The van der Waals surface area contributed by atoms with Crippen LogP contribution in [0.2, 0.25) is 0 Å². The molecule has 1 aliphatic carbocycles. The fraction of sp³-hybridized carbons (Fsp3) is 0.471. The lowest BCUT2D eigenvalue weighted by Gasteiger charge is -2.09. The van der Waals surface area contributed by atoms with Crippen LogP contribution in [-0.2, 0) is 19.4 Å². The van der Waals surface area contributed by atoms with Crippen LogP contribution in [0.3, 0.4) is 0 Å². The van der Waals surface area contributed by atoms with Gasteiger partial charge in [0.2, 0.25) is 0 Å². The van der Waals surface area contributed by atoms with Crippen LogP contribution in [0.4, 0.5) is 0 Å². The molecule has 0 spiro atoms. The minimum Gasteiger partial charge on any atom is -0.493 e. The average Bonchev–Trinajstić information content (AvgIpc) is 3.28. The summed E-state index contributed by atoms with van der Waals surface area (Å²) >= 11 is 1.63. The molecule has 21 heavy (non-hydrogen) atoms. The molecule has 0 unspecified atom stereocenters. The molecule has 2 aromatic rings. The fourth-order valence-electron chi connectivity index (χ4n) is 2.49. The van der Waals surface area contributed by atoms with E-state index in [0.717, 1.165) is 34.2 Å². The zero-order valence-corrected chi connectivity index (χ0v) is 13.2. The van der Waals surface area contributed by atoms with Gasteiger partial charge in [0, 0.05) is 12.3 Å². The molecular weight excluding hydrogens is 282 g/mol. The predicted molar refractivity (Wildman–Crippen MR) is 85.0 cm³/mol. The van der Waals surface area contributed by atoms with Crippen LogP contribution in [0.1, 0.15) is 46.8 Å². The molecule has 4 heteroatoms. The molecule has 1 saturated carbocycles. The molecule has 3 nitrogen and oxygen atoms in total. The maximum atomic E-state index is 9.42. The quantitative estimate of drug-likeness (QED) is 0.848. The number of rotatable bonds is 7. The minimum absolute atomic E-state index is 0.114. The molecule has 1 aromatic carbocycles. The summed E-state index contributed by atoms with van der Waals surface area (Å²) in [6.45, 7) is 2.89. The predicted octanol–water partition coefficient (Wildman–Crippen LogP) is 3.70. The highest BCUT2D eigenvalue weighted by molar-refractivity contribution is 7.11. The van der Waals surface area contributed by atoms with Crippen molar-refractivity contribution in [3.05, 3.63) is 45.4 Å². The molecule has 0 radical (unpaired) electrons. The van der Waals surface area contributed by atoms with Gasteiger partial charge >= 0.3 is 0 Å². The maximum absolute atomic E-state index is 9.42. The van der Waals surface area contributed by atoms with Crippen molar-refractivity contribution in [1.82, 2.24) is 4.98 Å². The van der Waals surface area contributed by atoms with Gasteiger partial charge < -0.3 is 9.84 Å². The van der Waals surface area contributed by atoms with Crippen LogP contribution < -0.4 is 4.74 Å². The highest BCUT2D eigenvalue weighted by Gasteiger charge is 2.29. The van der Waals surface area contributed by atoms with Crippen LogP contribution in [-0.4, -0.2) is 16.7 Å². The van der Waals surface area contributed by atoms with E-state index in [1.165, 1.54) is 18.4 Å². The van der Waals surface area contributed by atoms with Crippen molar-refractivity contribution >= 4 is 11.3 Å². The van der Waals surface area contributed by atoms with E-state index in [1.807, 2.05) is 18.2 Å². The summed E-state index contributed by atoms with van der Waals surface area (Å²) in [5.74, 6) is 1.57. The summed E-state index contributed by atoms with van der Waals surface area (Å²) < 4.78 is 5.89. The highest BCUT2D eigenvalue weighted by atomic mass is 32.1. The van der Waals surface area contributed by atoms with Gasteiger partial charge in [-0.15, -0.1) is 11.3 Å². The number of hydrogen-bond donors (Lipinski definition) is 1. The number of para-hydroxylation sites is 1. The molecule has 1 N–H and O–H groups in total. The largest absolute Gasteiger partial charge is 0.493 e. The SMILES string of the molecule is CCc1ccccc1OCCc1nc(C2CC2)c(CO)s1. The normalized spacial score (nSPS) is 14.4. The molecule has 1 aliphatic rings. The number of aryl methyl sites for hydroxylation is 1. The summed E-state index contributed by atoms with van der Waals surface area (Å²) in [7, 11) is 0. The molecule has 3 rings (SSSR count). The molecule has 0 bridgehead atoms. The monoisotopic (exact) mass is 303 g/mol. The lowest BCUT2D eigenvalue weighted by Crippen LogP contribution is -2.03. The van der Waals surface area contributed by atoms with Gasteiger partial charge in [-0.05, 0) is 30.9 Å². The fourth-order valence-corrected chi connectivity index (χ4v) is 3.49. The van der Waals surface area contributed by atoms with Crippen molar-refractivity contribution in [1.29, 1.82) is 0 Å². The first kappa shape index (κ1) is 14.5. The third-order valence-electron chi connectivity index (χ3n) is 3.81. The standard InChI is InChI=1S/C17H21NO2S/c1-2-12-5-3-4-6-14(12)20-10-9-16-18-17(13-7-8-13)15(11-19)21-16/h3-6,13,19H,2,7-11H2,1H3. The molecule has 0 saturated heterocycles. The third-order valence-corrected chi connectivity index (χ3v) is 4.92. The number of aromatic nitrogens is 1. The Morgan fingerprint density at radius 3 is 2.86 bits per heavy atom. The van der Waals surface area contributed by atoms with E-state index in [4.69, 9.17) is 9.72 Å². The molecule has 112 valence electrons. The summed E-state index contributed by atoms with van der Waals surface area (Å²) in [6, 6.07) is 8.18. The van der Waals surface area contributed by atoms with Gasteiger partial charge in [-0.2, -0.15) is 0 Å². The van der Waals surface area contributed by atoms with Crippen LogP contribution in [0, 0.1) is 0 Å². The van der Waals surface area contributed by atoms with Gasteiger partial charge in [0.1, 0.15) is 5.75 Å². The number of aliphatic hydroxyl groups excluding tert-OH is 1. The van der Waals surface area contributed by atoms with E-state index < -0.39 is 0 Å². The smallest absolute Gasteiger partial charge is 0.122 e. The average molecular weight is 303 g/mol. The Kier molecular flexibility index (Phi) is 4.56. The Morgan fingerprint density at radius 1 is 1.33 bits per heavy atom. The molecule has 0 aliphatic heterocycles. The van der Waals surface area contributed by atoms with Gasteiger partial charge in [0.15, 0.2) is 0 Å². The van der Waals surface area contributed by atoms with Gasteiger partial charge in [-0.1, -0.05) is 25.1 Å². The third kappa shape index (κ3) is 3.44. The summed E-state index contributed by atoms with van der Waals surface area (Å²) in [6.07, 6.45) is 4.23. The first-order valence-electron chi connectivity index (χ1n) is 7.61. The summed E-state index contributed by atoms with van der Waals surface area (Å²) in [5.41, 5.74) is 2.37. The minimum atomic E-state index is 0.114. The van der Waals surface area contributed by atoms with Crippen LogP contribution in [0.5, 0.6) is 5.75 Å². The Morgan fingerprint density at radius 2 is 2.14 bits per heavy atom. The number of hydrogen-bond acceptors (Lipinski definition) is 4. The highest BCUT2D eigenvalue weighted by Crippen LogP contribution is 2.42. The molecule has 1 fully saturated rings. The zero-order valence-electron chi connectivity index (χ0n) is 12.3. The van der Waals surface area contributed by atoms with Crippen LogP contribution >= 0.6 is 11.3 Å². The van der Waals surface area contributed by atoms with Crippen molar-refractivity contribution in [2.24, 2.45) is 0 Å². The van der Waals surface area contributed by atoms with E-state index in [9.17, 15) is 5.11 Å². The Labute approximate surface area is 129 Å². The van der Waals surface area contributed by atoms with E-state index in [1.54, 1.807) is 11.3 Å². The Balaban J connectivity index is 1.60. The van der Waals surface area contributed by atoms with Crippen molar-refractivity contribution in [3.63, 3.8) is 0 Å². The van der Waals surface area contributed by atoms with E-state index >= 15 is 0 Å². The van der Waals surface area contributed by atoms with E-state index in [2.05, 4.69) is 13.0 Å². The molecular formula is C17H21NO2S. The van der Waals surface area contributed by atoms with E-state index in [0.29, 0.717) is 12.5 Å². The molecule has 1 aromatic heterocycles. The number of ether oxygens (including phenoxy) is 1. The lowest BCUT2D eigenvalue weighted by molar-refractivity contribution is 0.284. The summed E-state index contributed by atoms with van der Waals surface area (Å²) in [5, 5.41) is 10.5. The van der Waals surface area contributed by atoms with Crippen molar-refractivity contribution in [2.75, 3.05) is 6.61 Å². The number of thiazole rings is 1. The first-order chi connectivity index (χ1) is 10.3. The second kappa shape index (κ2) is 6.58. The second-order valence-electron chi connectivity index (χ2n) is 5.41. The molecule has 0 atom stereocenters. The Bertz CT molecular complexity index is 605. The zero-order chi connectivity index (χ0) is 14.7. The van der Waals surface area contributed by atoms with E-state index in [-0.39, 0.29) is 6.61 Å². The first-order valence-corrected chi connectivity index (χ1v) is 8.43. The van der Waals surface area contributed by atoms with Gasteiger partial charge in [-0.3, -0.25) is 0 Å². The van der Waals surface area contributed by atoms with Gasteiger partial charge in [-0.25, -0.2) is 4.98 Å². The van der Waals surface area contributed by atoms with Gasteiger partial charge in [0.05, 0.1) is 28.8 Å². The van der Waals surface area contributed by atoms with Crippen LogP contribution in [0.25, 0.3) is 0 Å². The van der Waals surface area contributed by atoms with Crippen molar-refractivity contribution in [2.45, 2.75) is 45.1 Å². The number of aliphatic hydroxyl groups is 1. The number of benzene rings is 1. The van der Waals surface area contributed by atoms with Gasteiger partial charge in [0.25, 0.3) is 0 Å². The second-order valence-corrected chi connectivity index (χ2v) is 6.58. The summed E-state index contributed by atoms with van der Waals surface area (Å²) in [4.78, 5) is 5.74. The molecule has 1 heterocycles. The number of nitrogens with zero attached hydrogens (tertiary/aromatic N) is 1.